The highest BCUT2D eigenvalue weighted by atomic mass is 32.1. The van der Waals surface area contributed by atoms with Crippen LogP contribution in [0.2, 0.25) is 0 Å². The van der Waals surface area contributed by atoms with Gasteiger partial charge in [-0.05, 0) is 24.3 Å². The Labute approximate surface area is 110 Å². The quantitative estimate of drug-likeness (QED) is 0.785. The van der Waals surface area contributed by atoms with Gasteiger partial charge in [-0.25, -0.2) is 0 Å². The highest BCUT2D eigenvalue weighted by Gasteiger charge is 2.33. The molecule has 0 saturated heterocycles. The maximum atomic E-state index is 3.68. The summed E-state index contributed by atoms with van der Waals surface area (Å²) in [5.41, 5.74) is 0.426. The molecule has 0 amide bonds. The number of hydrogen-bond acceptors (Lipinski definition) is 2. The minimum atomic E-state index is 0.426. The van der Waals surface area contributed by atoms with E-state index < -0.39 is 0 Å². The number of nitrogens with one attached hydrogen (secondary N) is 1. The van der Waals surface area contributed by atoms with Gasteiger partial charge < -0.3 is 5.32 Å². The van der Waals surface area contributed by atoms with Gasteiger partial charge in [0.15, 0.2) is 0 Å². The van der Waals surface area contributed by atoms with Crippen molar-refractivity contribution in [2.75, 3.05) is 6.54 Å². The first kappa shape index (κ1) is 13.1. The molecule has 1 saturated carbocycles. The topological polar surface area (TPSA) is 12.0 Å². The van der Waals surface area contributed by atoms with Crippen LogP contribution in [0.3, 0.4) is 0 Å². The molecule has 1 fully saturated rings. The molecular formula is C15H25NS. The normalized spacial score (nSPS) is 20.4. The van der Waals surface area contributed by atoms with Gasteiger partial charge in [0.05, 0.1) is 0 Å². The third-order valence-electron chi connectivity index (χ3n) is 3.95. The van der Waals surface area contributed by atoms with E-state index in [0.29, 0.717) is 11.5 Å². The van der Waals surface area contributed by atoms with Gasteiger partial charge in [-0.2, -0.15) is 0 Å². The average molecular weight is 251 g/mol. The second-order valence-corrected chi connectivity index (χ2v) is 6.66. The Kier molecular flexibility index (Phi) is 4.63. The van der Waals surface area contributed by atoms with E-state index in [1.807, 2.05) is 11.3 Å². The van der Waals surface area contributed by atoms with Crippen LogP contribution < -0.4 is 5.32 Å². The van der Waals surface area contributed by atoms with Crippen molar-refractivity contribution in [2.45, 2.75) is 63.8 Å². The van der Waals surface area contributed by atoms with Crippen LogP contribution in [-0.4, -0.2) is 12.6 Å². The Morgan fingerprint density at radius 1 is 1.24 bits per heavy atom. The number of thiophene rings is 1. The monoisotopic (exact) mass is 251 g/mol. The van der Waals surface area contributed by atoms with Crippen molar-refractivity contribution in [3.8, 4) is 0 Å². The SMILES string of the molecule is CC(C)NCC1(c2cccs2)CCCCCC1. The highest BCUT2D eigenvalue weighted by Crippen LogP contribution is 2.40. The van der Waals surface area contributed by atoms with Gasteiger partial charge in [-0.1, -0.05) is 45.6 Å². The third kappa shape index (κ3) is 3.32. The van der Waals surface area contributed by atoms with Crippen LogP contribution in [0.25, 0.3) is 0 Å². The molecule has 1 heterocycles. The minimum absolute atomic E-state index is 0.426. The predicted octanol–water partition coefficient (Wildman–Crippen LogP) is 4.34. The summed E-state index contributed by atoms with van der Waals surface area (Å²) in [5.74, 6) is 0. The molecule has 0 atom stereocenters. The highest BCUT2D eigenvalue weighted by molar-refractivity contribution is 7.10. The van der Waals surface area contributed by atoms with Crippen molar-refractivity contribution >= 4 is 11.3 Å². The molecule has 1 nitrogen and oxygen atoms in total. The molecule has 96 valence electrons. The van der Waals surface area contributed by atoms with Crippen molar-refractivity contribution in [1.82, 2.24) is 5.32 Å². The van der Waals surface area contributed by atoms with Crippen LogP contribution in [0.1, 0.15) is 57.2 Å². The molecule has 0 unspecified atom stereocenters. The fourth-order valence-corrected chi connectivity index (χ4v) is 3.88. The van der Waals surface area contributed by atoms with Crippen LogP contribution in [0, 0.1) is 0 Å². The Balaban J connectivity index is 2.15. The minimum Gasteiger partial charge on any atom is -0.314 e. The summed E-state index contributed by atoms with van der Waals surface area (Å²) in [6.45, 7) is 5.66. The van der Waals surface area contributed by atoms with Gasteiger partial charge in [0.2, 0.25) is 0 Å². The summed E-state index contributed by atoms with van der Waals surface area (Å²) in [6.07, 6.45) is 8.39. The Morgan fingerprint density at radius 2 is 1.94 bits per heavy atom. The largest absolute Gasteiger partial charge is 0.314 e. The first-order valence-corrected chi connectivity index (χ1v) is 7.88. The van der Waals surface area contributed by atoms with E-state index in [4.69, 9.17) is 0 Å². The third-order valence-corrected chi connectivity index (χ3v) is 5.07. The standard InChI is InChI=1S/C15H25NS/c1-13(2)16-12-15(14-8-7-11-17-14)9-5-3-4-6-10-15/h7-8,11,13,16H,3-6,9-10,12H2,1-2H3. The maximum Gasteiger partial charge on any atom is 0.0172 e. The van der Waals surface area contributed by atoms with E-state index in [1.165, 1.54) is 38.5 Å². The summed E-state index contributed by atoms with van der Waals surface area (Å²) in [4.78, 5) is 1.60. The Bertz CT molecular complexity index is 308. The molecule has 0 bridgehead atoms. The fourth-order valence-electron chi connectivity index (χ4n) is 2.90. The lowest BCUT2D eigenvalue weighted by molar-refractivity contribution is 0.342. The summed E-state index contributed by atoms with van der Waals surface area (Å²) in [6, 6.07) is 5.15. The summed E-state index contributed by atoms with van der Waals surface area (Å²) in [5, 5.41) is 5.91. The van der Waals surface area contributed by atoms with E-state index in [0.717, 1.165) is 6.54 Å². The van der Waals surface area contributed by atoms with Gasteiger partial charge >= 0.3 is 0 Å². The predicted molar refractivity (Wildman–Crippen MR) is 76.8 cm³/mol. The van der Waals surface area contributed by atoms with Gasteiger partial charge in [-0.3, -0.25) is 0 Å². The molecule has 17 heavy (non-hydrogen) atoms. The van der Waals surface area contributed by atoms with Gasteiger partial charge in [0.25, 0.3) is 0 Å². The first-order valence-electron chi connectivity index (χ1n) is 7.00. The van der Waals surface area contributed by atoms with Crippen molar-refractivity contribution in [1.29, 1.82) is 0 Å². The smallest absolute Gasteiger partial charge is 0.0172 e. The molecule has 1 aliphatic carbocycles. The fraction of sp³-hybridized carbons (Fsp3) is 0.733. The van der Waals surface area contributed by atoms with Crippen LogP contribution in [0.4, 0.5) is 0 Å². The van der Waals surface area contributed by atoms with Crippen molar-refractivity contribution in [2.24, 2.45) is 0 Å². The molecule has 0 spiro atoms. The van der Waals surface area contributed by atoms with Crippen molar-refractivity contribution in [3.63, 3.8) is 0 Å². The molecule has 1 N–H and O–H groups in total. The molecule has 2 heteroatoms. The zero-order valence-electron chi connectivity index (χ0n) is 11.2. The van der Waals surface area contributed by atoms with Crippen LogP contribution in [0.15, 0.2) is 17.5 Å². The van der Waals surface area contributed by atoms with Gasteiger partial charge in [-0.15, -0.1) is 11.3 Å². The van der Waals surface area contributed by atoms with Gasteiger partial charge in [0, 0.05) is 22.9 Å². The summed E-state index contributed by atoms with van der Waals surface area (Å²) >= 11 is 1.95. The van der Waals surface area contributed by atoms with E-state index >= 15 is 0 Å². The first-order chi connectivity index (χ1) is 8.23. The molecule has 1 aromatic rings. The number of hydrogen-bond donors (Lipinski definition) is 1. The zero-order chi connectivity index (χ0) is 12.1. The molecule has 2 rings (SSSR count). The van der Waals surface area contributed by atoms with Crippen LogP contribution in [-0.2, 0) is 5.41 Å². The lowest BCUT2D eigenvalue weighted by Crippen LogP contribution is -2.40. The van der Waals surface area contributed by atoms with Gasteiger partial charge in [0.1, 0.15) is 0 Å². The van der Waals surface area contributed by atoms with Crippen LogP contribution in [0.5, 0.6) is 0 Å². The summed E-state index contributed by atoms with van der Waals surface area (Å²) in [7, 11) is 0. The molecule has 1 aliphatic rings. The van der Waals surface area contributed by atoms with E-state index in [2.05, 4.69) is 36.7 Å². The average Bonchev–Trinajstić information content (AvgIpc) is 2.74. The Morgan fingerprint density at radius 3 is 2.47 bits per heavy atom. The van der Waals surface area contributed by atoms with E-state index in [9.17, 15) is 0 Å². The molecule has 0 aliphatic heterocycles. The van der Waals surface area contributed by atoms with Crippen LogP contribution >= 0.6 is 11.3 Å². The summed E-state index contributed by atoms with van der Waals surface area (Å²) < 4.78 is 0. The second-order valence-electron chi connectivity index (χ2n) is 5.71. The molecule has 1 aromatic heterocycles. The lowest BCUT2D eigenvalue weighted by atomic mass is 9.78. The maximum absolute atomic E-state index is 3.68. The lowest BCUT2D eigenvalue weighted by Gasteiger charge is -2.33. The van der Waals surface area contributed by atoms with Crippen molar-refractivity contribution < 1.29 is 0 Å². The number of rotatable bonds is 4. The van der Waals surface area contributed by atoms with E-state index in [1.54, 1.807) is 4.88 Å². The molecule has 0 aromatic carbocycles. The Hall–Kier alpha value is -0.340. The molecular weight excluding hydrogens is 226 g/mol. The zero-order valence-corrected chi connectivity index (χ0v) is 12.0. The molecule has 0 radical (unpaired) electrons. The second kappa shape index (κ2) is 6.01. The van der Waals surface area contributed by atoms with E-state index in [-0.39, 0.29) is 0 Å². The van der Waals surface area contributed by atoms with Crippen molar-refractivity contribution in [3.05, 3.63) is 22.4 Å².